The highest BCUT2D eigenvalue weighted by atomic mass is 32.2. The number of hydrogen-bond acceptors (Lipinski definition) is 1. The van der Waals surface area contributed by atoms with Gasteiger partial charge >= 0.3 is 0 Å². The van der Waals surface area contributed by atoms with Crippen LogP contribution in [0.4, 0.5) is 0 Å². The van der Waals surface area contributed by atoms with Gasteiger partial charge in [0.2, 0.25) is 0 Å². The van der Waals surface area contributed by atoms with Gasteiger partial charge in [-0.25, -0.2) is 10.9 Å². The van der Waals surface area contributed by atoms with E-state index in [9.17, 15) is 0 Å². The molecule has 2 heteroatoms. The van der Waals surface area contributed by atoms with Crippen molar-refractivity contribution in [2.24, 2.45) is 0 Å². The largest absolute Gasteiger partial charge is 0.309 e. The van der Waals surface area contributed by atoms with Gasteiger partial charge in [-0.2, -0.15) is 0 Å². The molecule has 0 saturated heterocycles. The molecule has 0 radical (unpaired) electrons. The average molecular weight is 135 g/mol. The summed E-state index contributed by atoms with van der Waals surface area (Å²) in [7, 11) is 0.277. The molecule has 52 valence electrons. The fourth-order valence-electron chi connectivity index (χ4n) is 0.479. The van der Waals surface area contributed by atoms with E-state index < -0.39 is 0 Å². The Morgan fingerprint density at radius 3 is 2.38 bits per heavy atom. The molecule has 0 amide bonds. The molecule has 0 atom stereocenters. The van der Waals surface area contributed by atoms with E-state index >= 15 is 0 Å². The Morgan fingerprint density at radius 1 is 1.38 bits per heavy atom. The number of rotatable bonds is 4. The molecule has 0 aromatic rings. The molecule has 0 unspecified atom stereocenters. The molecule has 0 spiro atoms. The second-order valence-corrected chi connectivity index (χ2v) is 4.71. The Hall–Kier alpha value is 0.310. The number of hydrogen-bond donors (Lipinski definition) is 2. The van der Waals surface area contributed by atoms with Crippen LogP contribution in [-0.4, -0.2) is 24.9 Å². The SMILES string of the molecule is CCCNC[SH](C)C. The average Bonchev–Trinajstić information content (AvgIpc) is 1.66. The minimum absolute atomic E-state index is 0.277. The van der Waals surface area contributed by atoms with Gasteiger partial charge in [-0.1, -0.05) is 6.92 Å². The van der Waals surface area contributed by atoms with Crippen LogP contribution in [0.1, 0.15) is 13.3 Å². The fourth-order valence-corrected chi connectivity index (χ4v) is 1.08. The fraction of sp³-hybridized carbons (Fsp3) is 1.00. The quantitative estimate of drug-likeness (QED) is 0.436. The van der Waals surface area contributed by atoms with Crippen molar-refractivity contribution in [3.63, 3.8) is 0 Å². The maximum atomic E-state index is 3.36. The minimum atomic E-state index is 0.277. The van der Waals surface area contributed by atoms with Gasteiger partial charge in [0.05, 0.1) is 0 Å². The van der Waals surface area contributed by atoms with E-state index in [0.29, 0.717) is 0 Å². The maximum Gasteiger partial charge on any atom is 0.0233 e. The van der Waals surface area contributed by atoms with Crippen LogP contribution in [0, 0.1) is 0 Å². The molecule has 0 aliphatic rings. The molecule has 1 nitrogen and oxygen atoms in total. The van der Waals surface area contributed by atoms with Crippen LogP contribution in [0.3, 0.4) is 0 Å². The number of thiol groups is 1. The molecular formula is C6H17NS. The van der Waals surface area contributed by atoms with Gasteiger partial charge in [0.1, 0.15) is 0 Å². The molecule has 0 aliphatic heterocycles. The van der Waals surface area contributed by atoms with Gasteiger partial charge in [0.15, 0.2) is 0 Å². The Bertz CT molecular complexity index is 45.8. The first-order valence-corrected chi connectivity index (χ1v) is 5.55. The summed E-state index contributed by atoms with van der Waals surface area (Å²) in [5, 5.41) is 3.36. The van der Waals surface area contributed by atoms with Crippen LogP contribution in [0.15, 0.2) is 0 Å². The molecule has 0 saturated carbocycles. The van der Waals surface area contributed by atoms with Crippen molar-refractivity contribution >= 4 is 10.9 Å². The van der Waals surface area contributed by atoms with Crippen LogP contribution in [0.25, 0.3) is 0 Å². The van der Waals surface area contributed by atoms with Crippen molar-refractivity contribution in [3.05, 3.63) is 0 Å². The summed E-state index contributed by atoms with van der Waals surface area (Å²) in [5.74, 6) is 1.23. The van der Waals surface area contributed by atoms with Crippen molar-refractivity contribution in [3.8, 4) is 0 Å². The second kappa shape index (κ2) is 5.45. The van der Waals surface area contributed by atoms with Gasteiger partial charge in [0, 0.05) is 5.88 Å². The first kappa shape index (κ1) is 8.31. The predicted molar refractivity (Wildman–Crippen MR) is 44.0 cm³/mol. The van der Waals surface area contributed by atoms with E-state index in [4.69, 9.17) is 0 Å². The lowest BCUT2D eigenvalue weighted by Gasteiger charge is -2.08. The van der Waals surface area contributed by atoms with Crippen LogP contribution >= 0.6 is 10.9 Å². The summed E-state index contributed by atoms with van der Waals surface area (Å²) in [5.41, 5.74) is 0. The van der Waals surface area contributed by atoms with Crippen LogP contribution in [0.5, 0.6) is 0 Å². The monoisotopic (exact) mass is 135 g/mol. The first-order chi connectivity index (χ1) is 3.77. The lowest BCUT2D eigenvalue weighted by molar-refractivity contribution is 0.755. The maximum absolute atomic E-state index is 3.36. The third-order valence-electron chi connectivity index (χ3n) is 0.855. The molecule has 0 heterocycles. The van der Waals surface area contributed by atoms with Crippen molar-refractivity contribution in [1.82, 2.24) is 5.32 Å². The molecule has 1 N–H and O–H groups in total. The molecular weight excluding hydrogens is 118 g/mol. The van der Waals surface area contributed by atoms with Gasteiger partial charge in [-0.3, -0.25) is 0 Å². The molecule has 8 heavy (non-hydrogen) atoms. The summed E-state index contributed by atoms with van der Waals surface area (Å²) in [6, 6.07) is 0. The van der Waals surface area contributed by atoms with Crippen LogP contribution in [-0.2, 0) is 0 Å². The number of nitrogens with one attached hydrogen (secondary N) is 1. The zero-order chi connectivity index (χ0) is 6.41. The van der Waals surface area contributed by atoms with E-state index in [-0.39, 0.29) is 10.9 Å². The van der Waals surface area contributed by atoms with Crippen molar-refractivity contribution in [2.45, 2.75) is 13.3 Å². The normalized spacial score (nSPS) is 11.6. The Balaban J connectivity index is 2.72. The Labute approximate surface area is 55.2 Å². The van der Waals surface area contributed by atoms with Gasteiger partial charge in [-0.15, -0.1) is 0 Å². The second-order valence-electron chi connectivity index (χ2n) is 2.24. The highest BCUT2D eigenvalue weighted by Crippen LogP contribution is 2.08. The summed E-state index contributed by atoms with van der Waals surface area (Å²) in [6.07, 6.45) is 5.83. The third-order valence-corrected chi connectivity index (χ3v) is 1.71. The van der Waals surface area contributed by atoms with Crippen molar-refractivity contribution < 1.29 is 0 Å². The van der Waals surface area contributed by atoms with E-state index in [1.54, 1.807) is 0 Å². The summed E-state index contributed by atoms with van der Waals surface area (Å²) >= 11 is 0. The summed E-state index contributed by atoms with van der Waals surface area (Å²) in [6.45, 7) is 3.38. The van der Waals surface area contributed by atoms with Crippen molar-refractivity contribution in [2.75, 3.05) is 24.9 Å². The molecule has 0 aromatic heterocycles. The Kier molecular flexibility index (Phi) is 5.66. The molecule has 0 fully saturated rings. The standard InChI is InChI=1S/C6H17NS/c1-4-5-7-6-8(2)3/h7-8H,4-6H2,1-3H3. The van der Waals surface area contributed by atoms with Crippen LogP contribution in [0.2, 0.25) is 0 Å². The highest BCUT2D eigenvalue weighted by Gasteiger charge is 1.84. The lowest BCUT2D eigenvalue weighted by atomic mass is 10.5. The summed E-state index contributed by atoms with van der Waals surface area (Å²) in [4.78, 5) is 0. The molecule has 0 bridgehead atoms. The minimum Gasteiger partial charge on any atom is -0.309 e. The summed E-state index contributed by atoms with van der Waals surface area (Å²) < 4.78 is 0. The van der Waals surface area contributed by atoms with Crippen molar-refractivity contribution in [1.29, 1.82) is 0 Å². The van der Waals surface area contributed by atoms with Gasteiger partial charge in [0.25, 0.3) is 0 Å². The Morgan fingerprint density at radius 2 is 2.00 bits per heavy atom. The smallest absolute Gasteiger partial charge is 0.0233 e. The van der Waals surface area contributed by atoms with E-state index in [1.807, 2.05) is 0 Å². The predicted octanol–water partition coefficient (Wildman–Crippen LogP) is 1.20. The van der Waals surface area contributed by atoms with Gasteiger partial charge < -0.3 is 5.32 Å². The molecule has 0 rings (SSSR count). The highest BCUT2D eigenvalue weighted by molar-refractivity contribution is 8.15. The first-order valence-electron chi connectivity index (χ1n) is 3.12. The van der Waals surface area contributed by atoms with E-state index in [0.717, 1.165) is 0 Å². The zero-order valence-electron chi connectivity index (χ0n) is 6.07. The molecule has 0 aromatic carbocycles. The van der Waals surface area contributed by atoms with Gasteiger partial charge in [-0.05, 0) is 25.5 Å². The molecule has 0 aliphatic carbocycles. The van der Waals surface area contributed by atoms with Crippen LogP contribution < -0.4 is 5.32 Å². The lowest BCUT2D eigenvalue weighted by Crippen LogP contribution is -2.15. The topological polar surface area (TPSA) is 12.0 Å². The van der Waals surface area contributed by atoms with E-state index in [2.05, 4.69) is 24.8 Å². The van der Waals surface area contributed by atoms with E-state index in [1.165, 1.54) is 18.8 Å². The zero-order valence-corrected chi connectivity index (χ0v) is 6.96. The third kappa shape index (κ3) is 6.31.